The fraction of sp³-hybridized carbons (Fsp3) is 0.750. The van der Waals surface area contributed by atoms with E-state index in [9.17, 15) is 9.59 Å². The minimum atomic E-state index is -0.569. The van der Waals surface area contributed by atoms with Gasteiger partial charge in [-0.25, -0.2) is 0 Å². The summed E-state index contributed by atoms with van der Waals surface area (Å²) in [7, 11) is 0. The Kier molecular flexibility index (Phi) is 6.69. The Balaban J connectivity index is 3.40. The average molecular weight is 203 g/mol. The van der Waals surface area contributed by atoms with Crippen LogP contribution in [0.4, 0.5) is 0 Å². The Morgan fingerprint density at radius 1 is 1.43 bits per heavy atom. The van der Waals surface area contributed by atoms with Gasteiger partial charge in [0.2, 0.25) is 11.8 Å². The molecule has 0 spiro atoms. The van der Waals surface area contributed by atoms with E-state index in [1.54, 1.807) is 0 Å². The first kappa shape index (κ1) is 12.9. The van der Waals surface area contributed by atoms with Gasteiger partial charge in [-0.05, 0) is 12.8 Å². The lowest BCUT2D eigenvalue weighted by atomic mass is 10.1. The third-order valence-electron chi connectivity index (χ3n) is 1.67. The van der Waals surface area contributed by atoms with Crippen molar-refractivity contribution in [1.29, 1.82) is 0 Å². The average Bonchev–Trinajstić information content (AvgIpc) is 2.14. The number of nitrogens with two attached hydrogens (primary N) is 2. The molecule has 14 heavy (non-hydrogen) atoms. The summed E-state index contributed by atoms with van der Waals surface area (Å²) in [6, 6.07) is 0. The fourth-order valence-corrected chi connectivity index (χ4v) is 0.890. The van der Waals surface area contributed by atoms with Crippen molar-refractivity contribution in [2.75, 3.05) is 13.1 Å². The highest BCUT2D eigenvalue weighted by Gasteiger charge is 2.05. The molecule has 0 aliphatic carbocycles. The number of hydrogen-bond donors (Lipinski definition) is 4. The van der Waals surface area contributed by atoms with Crippen LogP contribution in [0.2, 0.25) is 0 Å². The largest absolute Gasteiger partial charge is 0.392 e. The first-order valence-corrected chi connectivity index (χ1v) is 4.49. The highest BCUT2D eigenvalue weighted by Crippen LogP contribution is 1.99. The minimum absolute atomic E-state index is 0.141. The molecule has 6 heteroatoms. The van der Waals surface area contributed by atoms with E-state index in [-0.39, 0.29) is 25.4 Å². The second-order valence-corrected chi connectivity index (χ2v) is 3.02. The van der Waals surface area contributed by atoms with E-state index < -0.39 is 12.0 Å². The molecule has 0 heterocycles. The predicted molar refractivity (Wildman–Crippen MR) is 51.1 cm³/mol. The maximum atomic E-state index is 11.0. The molecule has 82 valence electrons. The smallest absolute Gasteiger partial charge is 0.236 e. The Hall–Kier alpha value is -1.14. The van der Waals surface area contributed by atoms with Crippen molar-refractivity contribution in [3.8, 4) is 0 Å². The van der Waals surface area contributed by atoms with E-state index in [2.05, 4.69) is 5.32 Å². The van der Waals surface area contributed by atoms with Gasteiger partial charge in [-0.2, -0.15) is 0 Å². The summed E-state index contributed by atoms with van der Waals surface area (Å²) < 4.78 is 0. The summed E-state index contributed by atoms with van der Waals surface area (Å²) in [5.41, 5.74) is 10.0. The second kappa shape index (κ2) is 7.28. The number of aliphatic hydroxyl groups excluding tert-OH is 1. The lowest BCUT2D eigenvalue weighted by molar-refractivity contribution is -0.124. The molecule has 1 atom stereocenters. The molecule has 0 aliphatic heterocycles. The van der Waals surface area contributed by atoms with Gasteiger partial charge in [0.1, 0.15) is 0 Å². The van der Waals surface area contributed by atoms with Gasteiger partial charge in [0, 0.05) is 13.0 Å². The summed E-state index contributed by atoms with van der Waals surface area (Å²) >= 11 is 0. The van der Waals surface area contributed by atoms with Crippen LogP contribution in [-0.4, -0.2) is 36.1 Å². The van der Waals surface area contributed by atoms with E-state index in [1.165, 1.54) is 0 Å². The molecule has 0 rings (SSSR count). The molecule has 6 nitrogen and oxygen atoms in total. The van der Waals surface area contributed by atoms with E-state index in [4.69, 9.17) is 16.6 Å². The number of primary amides is 1. The molecule has 0 aromatic carbocycles. The topological polar surface area (TPSA) is 118 Å². The van der Waals surface area contributed by atoms with Crippen LogP contribution in [0.3, 0.4) is 0 Å². The summed E-state index contributed by atoms with van der Waals surface area (Å²) in [6.07, 6.45) is 0.743. The van der Waals surface area contributed by atoms with Crippen molar-refractivity contribution in [2.24, 2.45) is 11.5 Å². The van der Waals surface area contributed by atoms with E-state index in [1.807, 2.05) is 0 Å². The standard InChI is InChI=1S/C8H17N3O3/c9-4-6(12)2-1-3-8(14)11-5-7(10)13/h6,12H,1-5,9H2,(H2,10,13)(H,11,14)/t6-/m1/s1. The molecule has 0 unspecified atom stereocenters. The van der Waals surface area contributed by atoms with Crippen LogP contribution in [0.15, 0.2) is 0 Å². The van der Waals surface area contributed by atoms with Crippen molar-refractivity contribution in [2.45, 2.75) is 25.4 Å². The van der Waals surface area contributed by atoms with Gasteiger partial charge < -0.3 is 21.9 Å². The second-order valence-electron chi connectivity index (χ2n) is 3.02. The van der Waals surface area contributed by atoms with Gasteiger partial charge in [-0.1, -0.05) is 0 Å². The molecule has 0 fully saturated rings. The van der Waals surface area contributed by atoms with Gasteiger partial charge in [-0.15, -0.1) is 0 Å². The van der Waals surface area contributed by atoms with Crippen LogP contribution < -0.4 is 16.8 Å². The zero-order valence-corrected chi connectivity index (χ0v) is 8.03. The molecule has 0 aromatic heterocycles. The number of aliphatic hydroxyl groups is 1. The normalized spacial score (nSPS) is 12.1. The number of amides is 2. The summed E-state index contributed by atoms with van der Waals surface area (Å²) in [5.74, 6) is -0.812. The van der Waals surface area contributed by atoms with E-state index >= 15 is 0 Å². The summed E-state index contributed by atoms with van der Waals surface area (Å²) in [6.45, 7) is 0.0567. The van der Waals surface area contributed by atoms with Crippen molar-refractivity contribution < 1.29 is 14.7 Å². The molecule has 0 saturated carbocycles. The zero-order valence-electron chi connectivity index (χ0n) is 8.03. The fourth-order valence-electron chi connectivity index (χ4n) is 0.890. The Labute approximate surface area is 82.6 Å². The minimum Gasteiger partial charge on any atom is -0.392 e. The lowest BCUT2D eigenvalue weighted by Gasteiger charge is -2.06. The molecule has 2 amide bonds. The monoisotopic (exact) mass is 203 g/mol. The van der Waals surface area contributed by atoms with Crippen molar-refractivity contribution in [1.82, 2.24) is 5.32 Å². The third kappa shape index (κ3) is 7.51. The van der Waals surface area contributed by atoms with Gasteiger partial charge in [-0.3, -0.25) is 9.59 Å². The molecular formula is C8H17N3O3. The van der Waals surface area contributed by atoms with Crippen LogP contribution in [0, 0.1) is 0 Å². The van der Waals surface area contributed by atoms with Crippen molar-refractivity contribution in [3.05, 3.63) is 0 Å². The molecule has 0 saturated heterocycles. The first-order chi connectivity index (χ1) is 6.56. The van der Waals surface area contributed by atoms with Crippen molar-refractivity contribution >= 4 is 11.8 Å². The SMILES string of the molecule is NC[C@H](O)CCCC(=O)NCC(N)=O. The number of carbonyl (C=O) groups is 2. The number of carbonyl (C=O) groups excluding carboxylic acids is 2. The van der Waals surface area contributed by atoms with Crippen molar-refractivity contribution in [3.63, 3.8) is 0 Å². The van der Waals surface area contributed by atoms with Crippen LogP contribution in [0.5, 0.6) is 0 Å². The first-order valence-electron chi connectivity index (χ1n) is 4.49. The van der Waals surface area contributed by atoms with Gasteiger partial charge in [0.25, 0.3) is 0 Å². The maximum absolute atomic E-state index is 11.0. The Morgan fingerprint density at radius 3 is 2.57 bits per heavy atom. The molecule has 0 radical (unpaired) electrons. The molecule has 0 aromatic rings. The van der Waals surface area contributed by atoms with Gasteiger partial charge >= 0.3 is 0 Å². The zero-order chi connectivity index (χ0) is 11.0. The van der Waals surface area contributed by atoms with Crippen LogP contribution >= 0.6 is 0 Å². The van der Waals surface area contributed by atoms with Crippen LogP contribution in [-0.2, 0) is 9.59 Å². The highest BCUT2D eigenvalue weighted by molar-refractivity contribution is 5.83. The van der Waals surface area contributed by atoms with Crippen LogP contribution in [0.25, 0.3) is 0 Å². The molecule has 0 bridgehead atoms. The summed E-state index contributed by atoms with van der Waals surface area (Å²) in [5, 5.41) is 11.4. The lowest BCUT2D eigenvalue weighted by Crippen LogP contribution is -2.33. The maximum Gasteiger partial charge on any atom is 0.236 e. The predicted octanol–water partition coefficient (Wildman–Crippen LogP) is -1.92. The number of nitrogens with one attached hydrogen (secondary N) is 1. The molecule has 0 aliphatic rings. The Bertz CT molecular complexity index is 196. The van der Waals surface area contributed by atoms with E-state index in [0.29, 0.717) is 12.8 Å². The highest BCUT2D eigenvalue weighted by atomic mass is 16.3. The Morgan fingerprint density at radius 2 is 2.07 bits per heavy atom. The third-order valence-corrected chi connectivity index (χ3v) is 1.67. The van der Waals surface area contributed by atoms with E-state index in [0.717, 1.165) is 0 Å². The number of hydrogen-bond acceptors (Lipinski definition) is 4. The van der Waals surface area contributed by atoms with Gasteiger partial charge in [0.05, 0.1) is 12.6 Å². The van der Waals surface area contributed by atoms with Crippen LogP contribution in [0.1, 0.15) is 19.3 Å². The number of rotatable bonds is 7. The molecular weight excluding hydrogens is 186 g/mol. The summed E-state index contributed by atoms with van der Waals surface area (Å²) in [4.78, 5) is 21.3. The quantitative estimate of drug-likeness (QED) is 0.385. The van der Waals surface area contributed by atoms with Gasteiger partial charge in [0.15, 0.2) is 0 Å². The molecule has 6 N–H and O–H groups in total.